The van der Waals surface area contributed by atoms with Crippen LogP contribution in [0.25, 0.3) is 0 Å². The van der Waals surface area contributed by atoms with Gasteiger partial charge in [0.2, 0.25) is 0 Å². The molecule has 2 aromatic rings. The molecule has 0 saturated carbocycles. The second-order valence-corrected chi connectivity index (χ2v) is 4.82. The summed E-state index contributed by atoms with van der Waals surface area (Å²) >= 11 is 5.98. The number of methoxy groups -OCH3 is 2. The number of carbonyl (C=O) groups is 1. The molecule has 0 fully saturated rings. The Hall–Kier alpha value is -2.20. The molecule has 0 aromatic heterocycles. The number of hydrogen-bond donors (Lipinski definition) is 1. The molecule has 4 nitrogen and oxygen atoms in total. The minimum absolute atomic E-state index is 0.399. The largest absolute Gasteiger partial charge is 0.497 e. The lowest BCUT2D eigenvalue weighted by atomic mass is 10.1. The van der Waals surface area contributed by atoms with E-state index in [1.807, 2.05) is 24.3 Å². The summed E-state index contributed by atoms with van der Waals surface area (Å²) in [6, 6.07) is 12.7. The van der Waals surface area contributed by atoms with Gasteiger partial charge < -0.3 is 14.8 Å². The number of halogens is 1. The quantitative estimate of drug-likeness (QED) is 0.855. The highest BCUT2D eigenvalue weighted by Crippen LogP contribution is 2.23. The maximum absolute atomic E-state index is 11.7. The summed E-state index contributed by atoms with van der Waals surface area (Å²) in [5.41, 5.74) is 2.16. The van der Waals surface area contributed by atoms with Crippen LogP contribution in [0.2, 0.25) is 5.02 Å². The van der Waals surface area contributed by atoms with Gasteiger partial charge in [-0.1, -0.05) is 23.7 Å². The summed E-state index contributed by atoms with van der Waals surface area (Å²) in [5.74, 6) is 0.403. The fourth-order valence-corrected chi connectivity index (χ4v) is 2.06. The van der Waals surface area contributed by atoms with Gasteiger partial charge in [0, 0.05) is 11.6 Å². The Morgan fingerprint density at radius 2 is 1.86 bits per heavy atom. The van der Waals surface area contributed by atoms with E-state index in [1.54, 1.807) is 25.3 Å². The molecule has 0 heterocycles. The first kappa shape index (κ1) is 15.2. The summed E-state index contributed by atoms with van der Waals surface area (Å²) in [6.45, 7) is 0.564. The molecule has 0 aliphatic heterocycles. The van der Waals surface area contributed by atoms with E-state index in [0.717, 1.165) is 11.3 Å². The molecule has 1 N–H and O–H groups in total. The molecule has 5 heteroatoms. The van der Waals surface area contributed by atoms with Gasteiger partial charge in [0.15, 0.2) is 0 Å². The molecule has 0 amide bonds. The zero-order valence-electron chi connectivity index (χ0n) is 11.9. The fourth-order valence-electron chi connectivity index (χ4n) is 1.89. The first-order chi connectivity index (χ1) is 10.1. The number of rotatable bonds is 5. The summed E-state index contributed by atoms with van der Waals surface area (Å²) in [6.07, 6.45) is 0. The standard InChI is InChI=1S/C16H16ClNO3/c1-20-13-6-3-11(4-7-13)10-18-15-9-12(17)5-8-14(15)16(19)21-2/h3-9,18H,10H2,1-2H3. The molecule has 2 aromatic carbocycles. The van der Waals surface area contributed by atoms with E-state index in [1.165, 1.54) is 7.11 Å². The monoisotopic (exact) mass is 305 g/mol. The molecule has 0 bridgehead atoms. The van der Waals surface area contributed by atoms with Crippen molar-refractivity contribution in [2.75, 3.05) is 19.5 Å². The third-order valence-electron chi connectivity index (χ3n) is 3.03. The van der Waals surface area contributed by atoms with Crippen molar-refractivity contribution in [2.24, 2.45) is 0 Å². The zero-order chi connectivity index (χ0) is 15.2. The molecule has 2 rings (SSSR count). The zero-order valence-corrected chi connectivity index (χ0v) is 12.6. The fraction of sp³-hybridized carbons (Fsp3) is 0.188. The molecular weight excluding hydrogens is 290 g/mol. The van der Waals surface area contributed by atoms with Crippen molar-refractivity contribution in [1.29, 1.82) is 0 Å². The first-order valence-corrected chi connectivity index (χ1v) is 6.76. The van der Waals surface area contributed by atoms with Crippen molar-refractivity contribution in [2.45, 2.75) is 6.54 Å². The Bertz CT molecular complexity index is 626. The first-order valence-electron chi connectivity index (χ1n) is 6.38. The Morgan fingerprint density at radius 3 is 2.48 bits per heavy atom. The second kappa shape index (κ2) is 6.99. The van der Waals surface area contributed by atoms with Crippen LogP contribution in [-0.4, -0.2) is 20.2 Å². The van der Waals surface area contributed by atoms with Gasteiger partial charge in [-0.05, 0) is 35.9 Å². The van der Waals surface area contributed by atoms with Crippen molar-refractivity contribution in [3.63, 3.8) is 0 Å². The molecule has 0 unspecified atom stereocenters. The van der Waals surface area contributed by atoms with Crippen molar-refractivity contribution in [3.8, 4) is 5.75 Å². The van der Waals surface area contributed by atoms with E-state index in [2.05, 4.69) is 5.32 Å². The Balaban J connectivity index is 2.14. The summed E-state index contributed by atoms with van der Waals surface area (Å²) in [5, 5.41) is 3.75. The normalized spacial score (nSPS) is 10.0. The summed E-state index contributed by atoms with van der Waals surface area (Å²) < 4.78 is 9.87. The third-order valence-corrected chi connectivity index (χ3v) is 3.26. The van der Waals surface area contributed by atoms with Gasteiger partial charge in [-0.25, -0.2) is 4.79 Å². The van der Waals surface area contributed by atoms with E-state index in [4.69, 9.17) is 21.1 Å². The predicted octanol–water partition coefficient (Wildman–Crippen LogP) is 3.75. The van der Waals surface area contributed by atoms with E-state index in [-0.39, 0.29) is 0 Å². The molecule has 110 valence electrons. The van der Waals surface area contributed by atoms with Gasteiger partial charge in [0.1, 0.15) is 5.75 Å². The van der Waals surface area contributed by atoms with E-state index < -0.39 is 5.97 Å². The van der Waals surface area contributed by atoms with Gasteiger partial charge >= 0.3 is 5.97 Å². The molecule has 0 spiro atoms. The van der Waals surface area contributed by atoms with E-state index in [9.17, 15) is 4.79 Å². The van der Waals surface area contributed by atoms with Crippen molar-refractivity contribution in [3.05, 3.63) is 58.6 Å². The molecule has 0 atom stereocenters. The lowest BCUT2D eigenvalue weighted by molar-refractivity contribution is 0.0602. The Kier molecular flexibility index (Phi) is 5.06. The highest BCUT2D eigenvalue weighted by Gasteiger charge is 2.12. The van der Waals surface area contributed by atoms with Gasteiger partial charge in [-0.3, -0.25) is 0 Å². The average molecular weight is 306 g/mol. The number of anilines is 1. The molecule has 0 saturated heterocycles. The number of benzene rings is 2. The SMILES string of the molecule is COC(=O)c1ccc(Cl)cc1NCc1ccc(OC)cc1. The molecular formula is C16H16ClNO3. The number of nitrogens with one attached hydrogen (secondary N) is 1. The van der Waals surface area contributed by atoms with Gasteiger partial charge in [-0.15, -0.1) is 0 Å². The highest BCUT2D eigenvalue weighted by molar-refractivity contribution is 6.31. The topological polar surface area (TPSA) is 47.6 Å². The van der Waals surface area contributed by atoms with Crippen molar-refractivity contribution in [1.82, 2.24) is 0 Å². The number of carbonyl (C=O) groups excluding carboxylic acids is 1. The number of ether oxygens (including phenoxy) is 2. The molecule has 0 aliphatic rings. The lowest BCUT2D eigenvalue weighted by Crippen LogP contribution is -2.08. The minimum atomic E-state index is -0.399. The number of esters is 1. The Labute approximate surface area is 128 Å². The third kappa shape index (κ3) is 3.89. The predicted molar refractivity (Wildman–Crippen MR) is 83.1 cm³/mol. The van der Waals surface area contributed by atoms with Crippen LogP contribution < -0.4 is 10.1 Å². The van der Waals surface area contributed by atoms with Gasteiger partial charge in [-0.2, -0.15) is 0 Å². The van der Waals surface area contributed by atoms with Crippen LogP contribution in [0, 0.1) is 0 Å². The van der Waals surface area contributed by atoms with E-state index >= 15 is 0 Å². The van der Waals surface area contributed by atoms with Crippen LogP contribution in [-0.2, 0) is 11.3 Å². The molecule has 0 aliphatic carbocycles. The average Bonchev–Trinajstić information content (AvgIpc) is 2.52. The number of hydrogen-bond acceptors (Lipinski definition) is 4. The summed E-state index contributed by atoms with van der Waals surface area (Å²) in [4.78, 5) is 11.7. The maximum atomic E-state index is 11.7. The van der Waals surface area contributed by atoms with Crippen LogP contribution in [0.3, 0.4) is 0 Å². The van der Waals surface area contributed by atoms with Crippen LogP contribution in [0.5, 0.6) is 5.75 Å². The molecule has 0 radical (unpaired) electrons. The van der Waals surface area contributed by atoms with Crippen LogP contribution in [0.15, 0.2) is 42.5 Å². The highest BCUT2D eigenvalue weighted by atomic mass is 35.5. The van der Waals surface area contributed by atoms with Crippen LogP contribution in [0.1, 0.15) is 15.9 Å². The second-order valence-electron chi connectivity index (χ2n) is 4.38. The van der Waals surface area contributed by atoms with Crippen molar-refractivity contribution < 1.29 is 14.3 Å². The summed E-state index contributed by atoms with van der Waals surface area (Å²) in [7, 11) is 2.98. The Morgan fingerprint density at radius 1 is 1.14 bits per heavy atom. The molecule has 21 heavy (non-hydrogen) atoms. The van der Waals surface area contributed by atoms with Gasteiger partial charge in [0.05, 0.1) is 25.5 Å². The lowest BCUT2D eigenvalue weighted by Gasteiger charge is -2.11. The van der Waals surface area contributed by atoms with E-state index in [0.29, 0.717) is 22.8 Å². The van der Waals surface area contributed by atoms with Crippen LogP contribution in [0.4, 0.5) is 5.69 Å². The van der Waals surface area contributed by atoms with Crippen LogP contribution >= 0.6 is 11.6 Å². The smallest absolute Gasteiger partial charge is 0.339 e. The maximum Gasteiger partial charge on any atom is 0.339 e. The minimum Gasteiger partial charge on any atom is -0.497 e. The van der Waals surface area contributed by atoms with Gasteiger partial charge in [0.25, 0.3) is 0 Å². The van der Waals surface area contributed by atoms with Crippen molar-refractivity contribution >= 4 is 23.3 Å².